The average Bonchev–Trinajstić information content (AvgIpc) is 2.30. The van der Waals surface area contributed by atoms with Crippen molar-refractivity contribution < 1.29 is 9.57 Å². The Labute approximate surface area is 108 Å². The molecule has 0 aliphatic carbocycles. The summed E-state index contributed by atoms with van der Waals surface area (Å²) in [5.41, 5.74) is 6.03. The lowest BCUT2D eigenvalue weighted by Crippen LogP contribution is -2.14. The van der Waals surface area contributed by atoms with E-state index in [1.54, 1.807) is 14.2 Å². The van der Waals surface area contributed by atoms with Crippen molar-refractivity contribution in [2.45, 2.75) is 33.2 Å². The van der Waals surface area contributed by atoms with Gasteiger partial charge in [0.1, 0.15) is 5.75 Å². The molecule has 17 heavy (non-hydrogen) atoms. The van der Waals surface area contributed by atoms with Gasteiger partial charge in [-0.15, -0.1) is 0 Å². The molecule has 0 aliphatic rings. The highest BCUT2D eigenvalue weighted by Gasteiger charge is 2.17. The summed E-state index contributed by atoms with van der Waals surface area (Å²) in [7, 11) is 3.28. The smallest absolute Gasteiger partial charge is 0.127 e. The summed E-state index contributed by atoms with van der Waals surface area (Å²) < 4.78 is 5.52. The van der Waals surface area contributed by atoms with Gasteiger partial charge in [-0.25, -0.2) is 0 Å². The number of ether oxygens (including phenoxy) is 1. The molecule has 0 unspecified atom stereocenters. The molecule has 0 heterocycles. The van der Waals surface area contributed by atoms with Gasteiger partial charge in [-0.1, -0.05) is 25.4 Å². The third kappa shape index (κ3) is 3.12. The monoisotopic (exact) mass is 257 g/mol. The molecule has 1 aromatic carbocycles. The van der Waals surface area contributed by atoms with Crippen molar-refractivity contribution in [3.63, 3.8) is 0 Å². The van der Waals surface area contributed by atoms with Crippen molar-refractivity contribution in [3.05, 3.63) is 27.8 Å². The standard InChI is InChI=1S/C13H20ClNO2/c1-8(2)10-6-12(14)9(3)11(7-15-17-5)13(10)16-4/h6,8,15H,7H2,1-5H3. The van der Waals surface area contributed by atoms with Crippen LogP contribution >= 0.6 is 11.6 Å². The molecule has 0 saturated heterocycles. The normalized spacial score (nSPS) is 11.0. The Kier molecular flexibility index (Phi) is 5.25. The third-order valence-corrected chi connectivity index (χ3v) is 3.24. The zero-order valence-corrected chi connectivity index (χ0v) is 11.8. The minimum Gasteiger partial charge on any atom is -0.496 e. The third-order valence-electron chi connectivity index (χ3n) is 2.85. The Morgan fingerprint density at radius 3 is 2.47 bits per heavy atom. The molecule has 0 amide bonds. The van der Waals surface area contributed by atoms with E-state index < -0.39 is 0 Å². The minimum atomic E-state index is 0.365. The van der Waals surface area contributed by atoms with Crippen molar-refractivity contribution in [2.75, 3.05) is 14.2 Å². The SMILES string of the molecule is CONCc1c(C)c(Cl)cc(C(C)C)c1OC. The van der Waals surface area contributed by atoms with Gasteiger partial charge in [-0.3, -0.25) is 0 Å². The van der Waals surface area contributed by atoms with E-state index in [4.69, 9.17) is 21.2 Å². The predicted octanol–water partition coefficient (Wildman–Crippen LogP) is 3.43. The fourth-order valence-electron chi connectivity index (χ4n) is 1.83. The van der Waals surface area contributed by atoms with E-state index in [2.05, 4.69) is 19.3 Å². The van der Waals surface area contributed by atoms with Crippen LogP contribution in [-0.2, 0) is 11.4 Å². The highest BCUT2D eigenvalue weighted by atomic mass is 35.5. The molecular formula is C13H20ClNO2. The summed E-state index contributed by atoms with van der Waals surface area (Å²) in [6.07, 6.45) is 0. The van der Waals surface area contributed by atoms with Crippen molar-refractivity contribution in [2.24, 2.45) is 0 Å². The Morgan fingerprint density at radius 2 is 2.00 bits per heavy atom. The Morgan fingerprint density at radius 1 is 1.35 bits per heavy atom. The number of methoxy groups -OCH3 is 1. The lowest BCUT2D eigenvalue weighted by Gasteiger charge is -2.19. The van der Waals surface area contributed by atoms with Crippen LogP contribution in [-0.4, -0.2) is 14.2 Å². The summed E-state index contributed by atoms with van der Waals surface area (Å²) in [5.74, 6) is 1.26. The first-order chi connectivity index (χ1) is 8.02. The molecule has 96 valence electrons. The van der Waals surface area contributed by atoms with Gasteiger partial charge >= 0.3 is 0 Å². The molecule has 0 atom stereocenters. The molecule has 0 fully saturated rings. The van der Waals surface area contributed by atoms with E-state index in [9.17, 15) is 0 Å². The topological polar surface area (TPSA) is 30.5 Å². The van der Waals surface area contributed by atoms with Crippen LogP contribution in [0.3, 0.4) is 0 Å². The van der Waals surface area contributed by atoms with Crippen LogP contribution in [0.4, 0.5) is 0 Å². The molecule has 0 bridgehead atoms. The highest BCUT2D eigenvalue weighted by Crippen LogP contribution is 2.36. The molecule has 0 radical (unpaired) electrons. The number of nitrogens with one attached hydrogen (secondary N) is 1. The average molecular weight is 258 g/mol. The van der Waals surface area contributed by atoms with Gasteiger partial charge < -0.3 is 9.57 Å². The fourth-order valence-corrected chi connectivity index (χ4v) is 2.06. The zero-order valence-electron chi connectivity index (χ0n) is 11.1. The van der Waals surface area contributed by atoms with Gasteiger partial charge in [0.2, 0.25) is 0 Å². The van der Waals surface area contributed by atoms with Gasteiger partial charge in [-0.2, -0.15) is 5.48 Å². The first kappa shape index (κ1) is 14.3. The summed E-state index contributed by atoms with van der Waals surface area (Å²) in [4.78, 5) is 4.89. The number of hydrogen-bond acceptors (Lipinski definition) is 3. The van der Waals surface area contributed by atoms with Gasteiger partial charge in [-0.05, 0) is 30.0 Å². The molecule has 1 N–H and O–H groups in total. The van der Waals surface area contributed by atoms with Crippen LogP contribution in [0.15, 0.2) is 6.07 Å². The first-order valence-electron chi connectivity index (χ1n) is 5.64. The summed E-state index contributed by atoms with van der Waals surface area (Å²) in [6.45, 7) is 6.81. The van der Waals surface area contributed by atoms with E-state index in [-0.39, 0.29) is 0 Å². The molecule has 0 spiro atoms. The maximum Gasteiger partial charge on any atom is 0.127 e. The van der Waals surface area contributed by atoms with E-state index in [0.29, 0.717) is 12.5 Å². The van der Waals surface area contributed by atoms with E-state index in [1.165, 1.54) is 0 Å². The number of hydrogen-bond donors (Lipinski definition) is 1. The van der Waals surface area contributed by atoms with Crippen molar-refractivity contribution in [3.8, 4) is 5.75 Å². The highest BCUT2D eigenvalue weighted by molar-refractivity contribution is 6.31. The zero-order chi connectivity index (χ0) is 13.0. The first-order valence-corrected chi connectivity index (χ1v) is 6.02. The van der Waals surface area contributed by atoms with E-state index in [0.717, 1.165) is 27.5 Å². The second kappa shape index (κ2) is 6.24. The van der Waals surface area contributed by atoms with Crippen molar-refractivity contribution >= 4 is 11.6 Å². The maximum atomic E-state index is 6.25. The number of hydroxylamine groups is 1. The molecule has 4 heteroatoms. The molecule has 0 aromatic heterocycles. The molecule has 1 rings (SSSR count). The number of halogens is 1. The molecule has 3 nitrogen and oxygen atoms in total. The predicted molar refractivity (Wildman–Crippen MR) is 70.7 cm³/mol. The lowest BCUT2D eigenvalue weighted by atomic mass is 9.96. The quantitative estimate of drug-likeness (QED) is 0.820. The van der Waals surface area contributed by atoms with Gasteiger partial charge in [0.15, 0.2) is 0 Å². The summed E-state index contributed by atoms with van der Waals surface area (Å²) >= 11 is 6.25. The van der Waals surface area contributed by atoms with E-state index in [1.807, 2.05) is 13.0 Å². The molecular weight excluding hydrogens is 238 g/mol. The number of benzene rings is 1. The van der Waals surface area contributed by atoms with Crippen LogP contribution in [0.5, 0.6) is 5.75 Å². The van der Waals surface area contributed by atoms with Gasteiger partial charge in [0.25, 0.3) is 0 Å². The molecule has 0 aliphatic heterocycles. The number of rotatable bonds is 5. The van der Waals surface area contributed by atoms with Crippen molar-refractivity contribution in [1.29, 1.82) is 0 Å². The van der Waals surface area contributed by atoms with E-state index >= 15 is 0 Å². The van der Waals surface area contributed by atoms with Crippen molar-refractivity contribution in [1.82, 2.24) is 5.48 Å². The Balaban J connectivity index is 3.31. The van der Waals surface area contributed by atoms with Gasteiger partial charge in [0.05, 0.1) is 14.2 Å². The second-order valence-corrected chi connectivity index (χ2v) is 4.67. The summed E-state index contributed by atoms with van der Waals surface area (Å²) in [5, 5.41) is 0.766. The van der Waals surface area contributed by atoms with Crippen LogP contribution in [0.1, 0.15) is 36.5 Å². The minimum absolute atomic E-state index is 0.365. The maximum absolute atomic E-state index is 6.25. The lowest BCUT2D eigenvalue weighted by molar-refractivity contribution is 0.0859. The fraction of sp³-hybridized carbons (Fsp3) is 0.538. The van der Waals surface area contributed by atoms with Crippen LogP contribution in [0, 0.1) is 6.92 Å². The largest absolute Gasteiger partial charge is 0.496 e. The van der Waals surface area contributed by atoms with Crippen LogP contribution in [0.25, 0.3) is 0 Å². The Bertz CT molecular complexity index is 391. The Hall–Kier alpha value is -0.770. The van der Waals surface area contributed by atoms with Crippen LogP contribution in [0.2, 0.25) is 5.02 Å². The summed E-state index contributed by atoms with van der Waals surface area (Å²) in [6, 6.07) is 1.98. The molecule has 1 aromatic rings. The molecule has 0 saturated carbocycles. The van der Waals surface area contributed by atoms with Crippen LogP contribution < -0.4 is 10.2 Å². The second-order valence-electron chi connectivity index (χ2n) is 4.26. The van der Waals surface area contributed by atoms with Gasteiger partial charge in [0, 0.05) is 17.1 Å².